The van der Waals surface area contributed by atoms with Gasteiger partial charge in [-0.1, -0.05) is 0 Å². The summed E-state index contributed by atoms with van der Waals surface area (Å²) in [4.78, 5) is 14.8. The largest absolute Gasteiger partial charge is 0.444 e. The molecule has 1 aliphatic heterocycles. The van der Waals surface area contributed by atoms with Gasteiger partial charge in [-0.05, 0) is 27.2 Å². The van der Waals surface area contributed by atoms with Gasteiger partial charge in [-0.3, -0.25) is 5.84 Å². The average Bonchev–Trinajstić information content (AvgIpc) is 2.64. The number of ether oxygens (including phenoxy) is 1. The van der Waals surface area contributed by atoms with E-state index in [1.807, 2.05) is 0 Å². The van der Waals surface area contributed by atoms with Crippen molar-refractivity contribution >= 4 is 16.1 Å². The molecule has 0 radical (unpaired) electrons. The summed E-state index contributed by atoms with van der Waals surface area (Å²) in [6.45, 7) is 5.76. The molecule has 100 valence electrons. The Morgan fingerprint density at radius 3 is 2.53 bits per heavy atom. The van der Waals surface area contributed by atoms with Crippen LogP contribution in [0.3, 0.4) is 0 Å². The molecule has 1 saturated heterocycles. The molecule has 3 N–H and O–H groups in total. The monoisotopic (exact) mass is 265 g/mol. The van der Waals surface area contributed by atoms with Crippen LogP contribution in [-0.2, 0) is 14.8 Å². The molecule has 1 fully saturated rings. The topological polar surface area (TPSA) is 102 Å². The Morgan fingerprint density at radius 1 is 1.47 bits per heavy atom. The zero-order valence-corrected chi connectivity index (χ0v) is 11.1. The minimum atomic E-state index is -3.53. The predicted molar refractivity (Wildman–Crippen MR) is 62.5 cm³/mol. The maximum Gasteiger partial charge on any atom is 0.410 e. The second-order valence-electron chi connectivity index (χ2n) is 5.00. The Labute approximate surface area is 101 Å². The summed E-state index contributed by atoms with van der Waals surface area (Å²) in [6, 6.07) is 0. The highest BCUT2D eigenvalue weighted by Crippen LogP contribution is 2.18. The fraction of sp³-hybridized carbons (Fsp3) is 0.889. The normalized spacial score (nSPS) is 21.6. The number of carbonyl (C=O) groups is 1. The van der Waals surface area contributed by atoms with Crippen molar-refractivity contribution in [3.05, 3.63) is 0 Å². The summed E-state index contributed by atoms with van der Waals surface area (Å²) in [5.41, 5.74) is -0.583. The van der Waals surface area contributed by atoms with Gasteiger partial charge in [-0.25, -0.2) is 13.2 Å². The summed E-state index contributed by atoms with van der Waals surface area (Å²) >= 11 is 0. The first-order valence-corrected chi connectivity index (χ1v) is 6.89. The summed E-state index contributed by atoms with van der Waals surface area (Å²) in [5, 5.41) is -0.667. The van der Waals surface area contributed by atoms with Gasteiger partial charge in [0.25, 0.3) is 0 Å². The number of hydrazine groups is 1. The molecule has 1 atom stereocenters. The first-order chi connectivity index (χ1) is 7.65. The second kappa shape index (κ2) is 4.79. The van der Waals surface area contributed by atoms with E-state index in [0.717, 1.165) is 0 Å². The van der Waals surface area contributed by atoms with Crippen LogP contribution in [0, 0.1) is 0 Å². The molecule has 8 heteroatoms. The van der Waals surface area contributed by atoms with Gasteiger partial charge in [0.15, 0.2) is 0 Å². The van der Waals surface area contributed by atoms with E-state index in [-0.39, 0.29) is 6.54 Å². The van der Waals surface area contributed by atoms with Crippen molar-refractivity contribution in [3.8, 4) is 0 Å². The minimum absolute atomic E-state index is 0.113. The summed E-state index contributed by atoms with van der Waals surface area (Å²) in [6.07, 6.45) is -0.126. The molecule has 0 aromatic carbocycles. The number of carbonyl (C=O) groups excluding carboxylic acids is 1. The van der Waals surface area contributed by atoms with E-state index in [9.17, 15) is 13.2 Å². The molecular formula is C9H19N3O4S. The molecule has 17 heavy (non-hydrogen) atoms. The standard InChI is InChI=1S/C9H19N3O4S/c1-9(2,3)16-8(13)12-5-4-7(6-12)17(14,15)11-10/h7,11H,4-6,10H2,1-3H3/t7-/m0/s1. The zero-order valence-electron chi connectivity index (χ0n) is 10.3. The molecular weight excluding hydrogens is 246 g/mol. The number of nitrogens with zero attached hydrogens (tertiary/aromatic N) is 1. The lowest BCUT2D eigenvalue weighted by Gasteiger charge is -2.24. The third-order valence-electron chi connectivity index (χ3n) is 2.40. The Bertz CT molecular complexity index is 388. The minimum Gasteiger partial charge on any atom is -0.444 e. The van der Waals surface area contributed by atoms with Crippen molar-refractivity contribution < 1.29 is 17.9 Å². The highest BCUT2D eigenvalue weighted by molar-refractivity contribution is 7.90. The van der Waals surface area contributed by atoms with Gasteiger partial charge in [0.2, 0.25) is 10.0 Å². The summed E-state index contributed by atoms with van der Waals surface area (Å²) in [5.74, 6) is 4.94. The number of nitrogens with one attached hydrogen (secondary N) is 1. The number of hydrogen-bond donors (Lipinski definition) is 2. The Hall–Kier alpha value is -0.860. The van der Waals surface area contributed by atoms with E-state index >= 15 is 0 Å². The third-order valence-corrected chi connectivity index (χ3v) is 3.99. The third kappa shape index (κ3) is 3.83. The smallest absolute Gasteiger partial charge is 0.410 e. The molecule has 1 heterocycles. The van der Waals surface area contributed by atoms with Crippen molar-refractivity contribution in [3.63, 3.8) is 0 Å². The second-order valence-corrected chi connectivity index (χ2v) is 6.99. The molecule has 0 spiro atoms. The van der Waals surface area contributed by atoms with Crippen LogP contribution in [-0.4, -0.2) is 43.4 Å². The Morgan fingerprint density at radius 2 is 2.06 bits per heavy atom. The molecule has 0 saturated carbocycles. The summed E-state index contributed by atoms with van der Waals surface area (Å²) in [7, 11) is -3.53. The van der Waals surface area contributed by atoms with Gasteiger partial charge >= 0.3 is 6.09 Å². The fourth-order valence-corrected chi connectivity index (χ4v) is 2.55. The molecule has 0 aromatic heterocycles. The fourth-order valence-electron chi connectivity index (χ4n) is 1.57. The van der Waals surface area contributed by atoms with Crippen molar-refractivity contribution in [1.29, 1.82) is 0 Å². The Balaban J connectivity index is 2.60. The van der Waals surface area contributed by atoms with Gasteiger partial charge < -0.3 is 9.64 Å². The lowest BCUT2D eigenvalue weighted by molar-refractivity contribution is 0.0295. The molecule has 1 rings (SSSR count). The maximum absolute atomic E-state index is 11.7. The van der Waals surface area contributed by atoms with Crippen LogP contribution >= 0.6 is 0 Å². The average molecular weight is 265 g/mol. The van der Waals surface area contributed by atoms with Gasteiger partial charge in [0.1, 0.15) is 5.60 Å². The van der Waals surface area contributed by atoms with Crippen molar-refractivity contribution in [2.24, 2.45) is 5.84 Å². The first-order valence-electron chi connectivity index (χ1n) is 5.35. The number of hydrogen-bond acceptors (Lipinski definition) is 5. The van der Waals surface area contributed by atoms with Crippen molar-refractivity contribution in [2.75, 3.05) is 13.1 Å². The zero-order chi connectivity index (χ0) is 13.3. The number of likely N-dealkylation sites (tertiary alicyclic amines) is 1. The molecule has 1 aliphatic rings. The van der Waals surface area contributed by atoms with Crippen molar-refractivity contribution in [2.45, 2.75) is 38.0 Å². The first kappa shape index (κ1) is 14.2. The molecule has 0 unspecified atom stereocenters. The molecule has 0 bridgehead atoms. The number of amides is 1. The number of nitrogens with two attached hydrogens (primary N) is 1. The highest BCUT2D eigenvalue weighted by Gasteiger charge is 2.36. The van der Waals surface area contributed by atoms with Gasteiger partial charge in [-0.2, -0.15) is 4.83 Å². The van der Waals surface area contributed by atoms with E-state index in [0.29, 0.717) is 13.0 Å². The lowest BCUT2D eigenvalue weighted by atomic mass is 10.2. The number of rotatable bonds is 2. The number of sulfonamides is 1. The van der Waals surface area contributed by atoms with Crippen LogP contribution in [0.1, 0.15) is 27.2 Å². The van der Waals surface area contributed by atoms with Gasteiger partial charge in [-0.15, -0.1) is 0 Å². The Kier molecular flexibility index (Phi) is 4.00. The van der Waals surface area contributed by atoms with Gasteiger partial charge in [0.05, 0.1) is 5.25 Å². The molecule has 7 nitrogen and oxygen atoms in total. The quantitative estimate of drug-likeness (QED) is 0.531. The summed E-state index contributed by atoms with van der Waals surface area (Å²) < 4.78 is 28.0. The van der Waals surface area contributed by atoms with Crippen LogP contribution in [0.15, 0.2) is 0 Å². The van der Waals surface area contributed by atoms with E-state index < -0.39 is 27.0 Å². The van der Waals surface area contributed by atoms with Crippen LogP contribution in [0.25, 0.3) is 0 Å². The van der Waals surface area contributed by atoms with E-state index in [4.69, 9.17) is 10.6 Å². The molecule has 1 amide bonds. The van der Waals surface area contributed by atoms with E-state index in [1.165, 1.54) is 4.90 Å². The molecule has 0 aromatic rings. The molecule has 0 aliphatic carbocycles. The van der Waals surface area contributed by atoms with Crippen LogP contribution in [0.2, 0.25) is 0 Å². The predicted octanol–water partition coefficient (Wildman–Crippen LogP) is -0.211. The van der Waals surface area contributed by atoms with Crippen LogP contribution in [0.5, 0.6) is 0 Å². The highest BCUT2D eigenvalue weighted by atomic mass is 32.2. The van der Waals surface area contributed by atoms with Gasteiger partial charge in [0, 0.05) is 13.1 Å². The van der Waals surface area contributed by atoms with E-state index in [1.54, 1.807) is 25.6 Å². The lowest BCUT2D eigenvalue weighted by Crippen LogP contribution is -2.41. The van der Waals surface area contributed by atoms with Crippen LogP contribution in [0.4, 0.5) is 4.79 Å². The van der Waals surface area contributed by atoms with E-state index in [2.05, 4.69) is 0 Å². The maximum atomic E-state index is 11.7. The van der Waals surface area contributed by atoms with Crippen LogP contribution < -0.4 is 10.7 Å². The van der Waals surface area contributed by atoms with Crippen molar-refractivity contribution in [1.82, 2.24) is 9.73 Å². The SMILES string of the molecule is CC(C)(C)OC(=O)N1CC[C@H](S(=O)(=O)NN)C1.